The molecule has 0 aliphatic carbocycles. The van der Waals surface area contributed by atoms with Crippen LogP contribution < -0.4 is 10.1 Å². The number of aryl methyl sites for hydroxylation is 1. The molecule has 4 nitrogen and oxygen atoms in total. The van der Waals surface area contributed by atoms with Gasteiger partial charge in [-0.25, -0.2) is 4.99 Å². The van der Waals surface area contributed by atoms with E-state index in [1.54, 1.807) is 12.2 Å². The van der Waals surface area contributed by atoms with Gasteiger partial charge in [0.25, 0.3) is 5.91 Å². The van der Waals surface area contributed by atoms with Crippen LogP contribution in [0.25, 0.3) is 6.08 Å². The van der Waals surface area contributed by atoms with Gasteiger partial charge in [-0.05, 0) is 65.0 Å². The van der Waals surface area contributed by atoms with E-state index in [9.17, 15) is 4.79 Å². The second-order valence-electron chi connectivity index (χ2n) is 5.72. The van der Waals surface area contributed by atoms with Gasteiger partial charge in [0.15, 0.2) is 5.17 Å². The quantitative estimate of drug-likeness (QED) is 0.400. The predicted molar refractivity (Wildman–Crippen MR) is 120 cm³/mol. The summed E-state index contributed by atoms with van der Waals surface area (Å²) in [4.78, 5) is 17.4. The smallest absolute Gasteiger partial charge is 0.264 e. The lowest BCUT2D eigenvalue weighted by Crippen LogP contribution is -2.19. The molecule has 2 aromatic rings. The molecule has 0 aromatic heterocycles. The lowest BCUT2D eigenvalue weighted by molar-refractivity contribution is -0.115. The second-order valence-corrected chi connectivity index (χ2v) is 8.52. The highest BCUT2D eigenvalue weighted by Crippen LogP contribution is 2.36. The lowest BCUT2D eigenvalue weighted by atomic mass is 10.2. The molecule has 1 aliphatic rings. The highest BCUT2D eigenvalue weighted by molar-refractivity contribution is 9.11. The second kappa shape index (κ2) is 8.91. The number of halogens is 2. The first-order valence-electron chi connectivity index (χ1n) is 8.05. The molecule has 0 unspecified atom stereocenters. The standard InChI is InChI=1S/C20H16Br2N2O2S/c1-3-8-26-18-13(9-14(21)11-16(18)22)10-17-19(25)24-20(27-17)23-15-6-4-12(2)5-7-15/h3-7,9-11H,1,8H2,2H3,(H,23,24,25)/b17-10-. The largest absolute Gasteiger partial charge is 0.488 e. The van der Waals surface area contributed by atoms with Crippen LogP contribution in [0.1, 0.15) is 11.1 Å². The minimum Gasteiger partial charge on any atom is -0.488 e. The van der Waals surface area contributed by atoms with Crippen molar-refractivity contribution in [3.63, 3.8) is 0 Å². The van der Waals surface area contributed by atoms with E-state index in [1.807, 2.05) is 43.3 Å². The molecule has 2 aromatic carbocycles. The van der Waals surface area contributed by atoms with Crippen molar-refractivity contribution < 1.29 is 9.53 Å². The van der Waals surface area contributed by atoms with Crippen molar-refractivity contribution >= 4 is 66.5 Å². The predicted octanol–water partition coefficient (Wildman–Crippen LogP) is 5.98. The van der Waals surface area contributed by atoms with E-state index >= 15 is 0 Å². The van der Waals surface area contributed by atoms with Crippen LogP contribution in [-0.4, -0.2) is 17.7 Å². The van der Waals surface area contributed by atoms with Crippen molar-refractivity contribution in [2.45, 2.75) is 6.92 Å². The number of aliphatic imine (C=N–C) groups is 1. The van der Waals surface area contributed by atoms with Crippen LogP contribution >= 0.6 is 43.6 Å². The Balaban J connectivity index is 1.90. The van der Waals surface area contributed by atoms with Gasteiger partial charge < -0.3 is 10.1 Å². The molecule has 1 heterocycles. The molecule has 1 saturated heterocycles. The number of benzene rings is 2. The Labute approximate surface area is 179 Å². The van der Waals surface area contributed by atoms with E-state index < -0.39 is 0 Å². The zero-order valence-corrected chi connectivity index (χ0v) is 18.4. The number of thioether (sulfide) groups is 1. The summed E-state index contributed by atoms with van der Waals surface area (Å²) in [5.74, 6) is 0.472. The van der Waals surface area contributed by atoms with E-state index in [1.165, 1.54) is 11.8 Å². The van der Waals surface area contributed by atoms with Gasteiger partial charge in [-0.2, -0.15) is 0 Å². The lowest BCUT2D eigenvalue weighted by Gasteiger charge is -2.11. The number of carbonyl (C=O) groups excluding carboxylic acids is 1. The van der Waals surface area contributed by atoms with Gasteiger partial charge in [0, 0.05) is 10.0 Å². The Morgan fingerprint density at radius 2 is 2.00 bits per heavy atom. The normalized spacial score (nSPS) is 16.6. The summed E-state index contributed by atoms with van der Waals surface area (Å²) in [6.07, 6.45) is 3.47. The van der Waals surface area contributed by atoms with E-state index in [2.05, 4.69) is 48.7 Å². The molecule has 3 rings (SSSR count). The maximum atomic E-state index is 12.4. The number of rotatable bonds is 5. The number of amides is 1. The number of ether oxygens (including phenoxy) is 1. The van der Waals surface area contributed by atoms with Gasteiger partial charge in [0.2, 0.25) is 0 Å². The van der Waals surface area contributed by atoms with Crippen LogP contribution in [0.4, 0.5) is 5.69 Å². The minimum absolute atomic E-state index is 0.184. The van der Waals surface area contributed by atoms with E-state index in [4.69, 9.17) is 4.74 Å². The fraction of sp³-hybridized carbons (Fsp3) is 0.100. The monoisotopic (exact) mass is 506 g/mol. The Kier molecular flexibility index (Phi) is 6.57. The van der Waals surface area contributed by atoms with Gasteiger partial charge in [-0.3, -0.25) is 4.79 Å². The third-order valence-corrected chi connectivity index (χ3v) is 5.54. The summed E-state index contributed by atoms with van der Waals surface area (Å²) in [5.41, 5.74) is 2.74. The van der Waals surface area contributed by atoms with E-state index in [0.717, 1.165) is 25.8 Å². The zero-order valence-electron chi connectivity index (χ0n) is 14.5. The summed E-state index contributed by atoms with van der Waals surface area (Å²) >= 11 is 8.28. The Morgan fingerprint density at radius 1 is 1.26 bits per heavy atom. The highest BCUT2D eigenvalue weighted by atomic mass is 79.9. The summed E-state index contributed by atoms with van der Waals surface area (Å²) in [5, 5.41) is 3.36. The minimum atomic E-state index is -0.184. The Bertz CT molecular complexity index is 953. The number of nitrogens with one attached hydrogen (secondary N) is 1. The molecule has 0 saturated carbocycles. The van der Waals surface area contributed by atoms with Gasteiger partial charge >= 0.3 is 0 Å². The fourth-order valence-electron chi connectivity index (χ4n) is 2.34. The zero-order chi connectivity index (χ0) is 19.4. The molecule has 1 fully saturated rings. The van der Waals surface area contributed by atoms with Crippen molar-refractivity contribution in [1.29, 1.82) is 0 Å². The Morgan fingerprint density at radius 3 is 2.70 bits per heavy atom. The molecule has 1 aliphatic heterocycles. The third kappa shape index (κ3) is 5.12. The van der Waals surface area contributed by atoms with E-state index in [-0.39, 0.29) is 5.91 Å². The molecule has 138 valence electrons. The van der Waals surface area contributed by atoms with Gasteiger partial charge in [-0.15, -0.1) is 0 Å². The molecular formula is C20H16Br2N2O2S. The highest BCUT2D eigenvalue weighted by Gasteiger charge is 2.24. The first-order valence-corrected chi connectivity index (χ1v) is 10.5. The number of carbonyl (C=O) groups is 1. The van der Waals surface area contributed by atoms with Gasteiger partial charge in [0.1, 0.15) is 12.4 Å². The first-order chi connectivity index (χ1) is 13.0. The number of hydrogen-bond acceptors (Lipinski definition) is 4. The first kappa shape index (κ1) is 19.9. The molecule has 0 bridgehead atoms. The van der Waals surface area contributed by atoms with Gasteiger partial charge in [-0.1, -0.05) is 46.3 Å². The summed E-state index contributed by atoms with van der Waals surface area (Å²) in [6.45, 7) is 6.06. The number of nitrogens with zero attached hydrogens (tertiary/aromatic N) is 1. The topological polar surface area (TPSA) is 50.7 Å². The van der Waals surface area contributed by atoms with Crippen molar-refractivity contribution in [3.8, 4) is 5.75 Å². The van der Waals surface area contributed by atoms with Crippen LogP contribution in [0.2, 0.25) is 0 Å². The number of amidine groups is 1. The molecule has 0 atom stereocenters. The van der Waals surface area contributed by atoms with Crippen molar-refractivity contribution in [1.82, 2.24) is 5.32 Å². The summed E-state index contributed by atoms with van der Waals surface area (Å²) in [7, 11) is 0. The van der Waals surface area contributed by atoms with Gasteiger partial charge in [0.05, 0.1) is 15.1 Å². The fourth-order valence-corrected chi connectivity index (χ4v) is 4.55. The van der Waals surface area contributed by atoms with Crippen LogP contribution in [0.5, 0.6) is 5.75 Å². The Hall–Kier alpha value is -1.83. The number of hydrogen-bond donors (Lipinski definition) is 1. The molecule has 1 N–H and O–H groups in total. The summed E-state index contributed by atoms with van der Waals surface area (Å²) < 4.78 is 7.42. The average Bonchev–Trinajstić information content (AvgIpc) is 2.95. The average molecular weight is 508 g/mol. The maximum Gasteiger partial charge on any atom is 0.264 e. The van der Waals surface area contributed by atoms with Crippen LogP contribution in [0.15, 0.2) is 67.9 Å². The van der Waals surface area contributed by atoms with E-state index in [0.29, 0.717) is 22.4 Å². The van der Waals surface area contributed by atoms with Crippen LogP contribution in [-0.2, 0) is 4.79 Å². The molecule has 1 amide bonds. The maximum absolute atomic E-state index is 12.4. The van der Waals surface area contributed by atoms with Crippen LogP contribution in [0, 0.1) is 6.92 Å². The van der Waals surface area contributed by atoms with Crippen molar-refractivity contribution in [2.24, 2.45) is 4.99 Å². The molecular weight excluding hydrogens is 492 g/mol. The molecule has 0 radical (unpaired) electrons. The molecule has 7 heteroatoms. The van der Waals surface area contributed by atoms with Crippen molar-refractivity contribution in [3.05, 3.63) is 74.0 Å². The van der Waals surface area contributed by atoms with Crippen molar-refractivity contribution in [2.75, 3.05) is 6.61 Å². The van der Waals surface area contributed by atoms with Crippen LogP contribution in [0.3, 0.4) is 0 Å². The SMILES string of the molecule is C=CCOc1c(Br)cc(Br)cc1/C=C1\SC(=Nc2ccc(C)cc2)NC1=O. The third-order valence-electron chi connectivity index (χ3n) is 3.58. The molecule has 27 heavy (non-hydrogen) atoms. The molecule has 0 spiro atoms. The summed E-state index contributed by atoms with van der Waals surface area (Å²) in [6, 6.07) is 11.6.